The molecule has 1 fully saturated rings. The minimum atomic E-state index is -0.0519. The van der Waals surface area contributed by atoms with Crippen LogP contribution in [0.2, 0.25) is 0 Å². The summed E-state index contributed by atoms with van der Waals surface area (Å²) in [5.74, 6) is 1.11. The van der Waals surface area contributed by atoms with Gasteiger partial charge < -0.3 is 15.0 Å². The van der Waals surface area contributed by atoms with Crippen molar-refractivity contribution in [2.24, 2.45) is 0 Å². The predicted molar refractivity (Wildman–Crippen MR) is 149 cm³/mol. The van der Waals surface area contributed by atoms with E-state index in [0.717, 1.165) is 60.3 Å². The molecule has 0 radical (unpaired) electrons. The molecule has 0 saturated carbocycles. The van der Waals surface area contributed by atoms with Crippen LogP contribution in [0.25, 0.3) is 22.2 Å². The van der Waals surface area contributed by atoms with Gasteiger partial charge in [-0.1, -0.05) is 43.7 Å². The molecule has 37 heavy (non-hydrogen) atoms. The second-order valence-electron chi connectivity index (χ2n) is 10.2. The summed E-state index contributed by atoms with van der Waals surface area (Å²) in [7, 11) is 2.12. The van der Waals surface area contributed by atoms with Gasteiger partial charge in [0.2, 0.25) is 0 Å². The maximum absolute atomic E-state index is 13.4. The first-order valence-corrected chi connectivity index (χ1v) is 13.3. The maximum atomic E-state index is 13.4. The van der Waals surface area contributed by atoms with E-state index in [-0.39, 0.29) is 18.1 Å². The maximum Gasteiger partial charge on any atom is 0.251 e. The molecule has 1 saturated heterocycles. The molecule has 5 rings (SSSR count). The highest BCUT2D eigenvalue weighted by Gasteiger charge is 2.30. The molecule has 6 nitrogen and oxygen atoms in total. The van der Waals surface area contributed by atoms with Crippen LogP contribution in [0, 0.1) is 0 Å². The SMILES string of the molecule is CCCC(C)Oc1ccc(-c2n[nH]c3ccc(C(=O)NC4CN(C)CCC4c4ccccc4)cc23)cc1. The number of hydrogen-bond donors (Lipinski definition) is 2. The van der Waals surface area contributed by atoms with Gasteiger partial charge in [0.05, 0.1) is 17.3 Å². The molecule has 6 heteroatoms. The summed E-state index contributed by atoms with van der Waals surface area (Å²) in [4.78, 5) is 15.7. The number of hydrogen-bond acceptors (Lipinski definition) is 4. The van der Waals surface area contributed by atoms with Crippen molar-refractivity contribution in [2.45, 2.75) is 51.2 Å². The van der Waals surface area contributed by atoms with Crippen molar-refractivity contribution in [3.63, 3.8) is 0 Å². The fraction of sp³-hybridized carbons (Fsp3) is 0.355. The van der Waals surface area contributed by atoms with E-state index >= 15 is 0 Å². The van der Waals surface area contributed by atoms with Crippen LogP contribution in [-0.2, 0) is 0 Å². The monoisotopic (exact) mass is 496 g/mol. The lowest BCUT2D eigenvalue weighted by Crippen LogP contribution is -2.50. The lowest BCUT2D eigenvalue weighted by atomic mass is 9.85. The molecular formula is C31H36N4O2. The van der Waals surface area contributed by atoms with Crippen LogP contribution < -0.4 is 10.1 Å². The number of carbonyl (C=O) groups is 1. The molecular weight excluding hydrogens is 460 g/mol. The van der Waals surface area contributed by atoms with E-state index in [1.165, 1.54) is 5.56 Å². The van der Waals surface area contributed by atoms with Crippen molar-refractivity contribution in [3.05, 3.63) is 83.9 Å². The van der Waals surface area contributed by atoms with Crippen molar-refractivity contribution >= 4 is 16.8 Å². The zero-order chi connectivity index (χ0) is 25.8. The second kappa shape index (κ2) is 11.2. The minimum absolute atomic E-state index is 0.0517. The Balaban J connectivity index is 1.36. The van der Waals surface area contributed by atoms with Crippen molar-refractivity contribution in [1.29, 1.82) is 0 Å². The van der Waals surface area contributed by atoms with Gasteiger partial charge in [0.15, 0.2) is 0 Å². The zero-order valence-electron chi connectivity index (χ0n) is 21.9. The number of H-pyrrole nitrogens is 1. The van der Waals surface area contributed by atoms with Crippen LogP contribution in [0.3, 0.4) is 0 Å². The van der Waals surface area contributed by atoms with Gasteiger partial charge >= 0.3 is 0 Å². The smallest absolute Gasteiger partial charge is 0.251 e. The van der Waals surface area contributed by atoms with Crippen LogP contribution in [0.5, 0.6) is 5.75 Å². The topological polar surface area (TPSA) is 70.2 Å². The third-order valence-corrected chi connectivity index (χ3v) is 7.35. The van der Waals surface area contributed by atoms with Gasteiger partial charge in [-0.2, -0.15) is 5.10 Å². The number of nitrogens with one attached hydrogen (secondary N) is 2. The molecule has 3 unspecified atom stereocenters. The van der Waals surface area contributed by atoms with Crippen molar-refractivity contribution in [2.75, 3.05) is 20.1 Å². The normalized spacial score (nSPS) is 19.0. The Labute approximate surface area is 219 Å². The van der Waals surface area contributed by atoms with Gasteiger partial charge in [-0.3, -0.25) is 9.89 Å². The summed E-state index contributed by atoms with van der Waals surface area (Å²) in [5, 5.41) is 11.9. The number of ether oxygens (including phenoxy) is 1. The van der Waals surface area contributed by atoms with Gasteiger partial charge in [-0.25, -0.2) is 0 Å². The number of carbonyl (C=O) groups excluding carboxylic acids is 1. The fourth-order valence-corrected chi connectivity index (χ4v) is 5.38. The molecule has 192 valence electrons. The standard InChI is InChI=1S/C31H36N4O2/c1-4-8-21(2)37-25-14-11-23(12-15-25)30-27-19-24(13-16-28(27)33-34-30)31(36)32-29-20-35(3)18-17-26(29)22-9-6-5-7-10-22/h5-7,9-16,19,21,26,29H,4,8,17-18,20H2,1-3H3,(H,32,36)(H,33,34). The molecule has 0 aliphatic carbocycles. The van der Waals surface area contributed by atoms with Gasteiger partial charge in [0, 0.05) is 35.0 Å². The Morgan fingerprint density at radius 3 is 2.68 bits per heavy atom. The molecule has 2 N–H and O–H groups in total. The number of aromatic amines is 1. The Morgan fingerprint density at radius 2 is 1.92 bits per heavy atom. The second-order valence-corrected chi connectivity index (χ2v) is 10.2. The van der Waals surface area contributed by atoms with Gasteiger partial charge in [-0.05, 0) is 81.4 Å². The van der Waals surface area contributed by atoms with Gasteiger partial charge in [0.25, 0.3) is 5.91 Å². The summed E-state index contributed by atoms with van der Waals surface area (Å²) < 4.78 is 6.00. The Hall–Kier alpha value is -3.64. The number of benzene rings is 3. The van der Waals surface area contributed by atoms with E-state index in [2.05, 4.69) is 65.6 Å². The average molecular weight is 497 g/mol. The Bertz CT molecular complexity index is 1330. The third kappa shape index (κ3) is 5.70. The van der Waals surface area contributed by atoms with E-state index in [4.69, 9.17) is 4.74 Å². The highest BCUT2D eigenvalue weighted by molar-refractivity contribution is 6.01. The molecule has 4 aromatic rings. The molecule has 0 bridgehead atoms. The summed E-state index contributed by atoms with van der Waals surface area (Å²) in [5.41, 5.74) is 4.64. The van der Waals surface area contributed by atoms with Crippen molar-refractivity contribution < 1.29 is 9.53 Å². The molecule has 1 aromatic heterocycles. The number of amides is 1. The quantitative estimate of drug-likeness (QED) is 0.313. The molecule has 1 aliphatic heterocycles. The highest BCUT2D eigenvalue weighted by atomic mass is 16.5. The summed E-state index contributed by atoms with van der Waals surface area (Å²) >= 11 is 0. The summed E-state index contributed by atoms with van der Waals surface area (Å²) in [6.45, 7) is 6.11. The van der Waals surface area contributed by atoms with E-state index in [1.54, 1.807) is 0 Å². The third-order valence-electron chi connectivity index (χ3n) is 7.35. The van der Waals surface area contributed by atoms with Crippen molar-refractivity contribution in [3.8, 4) is 17.0 Å². The first kappa shape index (κ1) is 25.0. The number of rotatable bonds is 8. The number of likely N-dealkylation sites (N-methyl/N-ethyl adjacent to an activating group) is 1. The van der Waals surface area contributed by atoms with Crippen LogP contribution in [0.15, 0.2) is 72.8 Å². The van der Waals surface area contributed by atoms with Gasteiger partial charge in [0.1, 0.15) is 5.75 Å². The predicted octanol–water partition coefficient (Wildman–Crippen LogP) is 6.02. The summed E-state index contributed by atoms with van der Waals surface area (Å²) in [6, 6.07) is 24.4. The molecule has 0 spiro atoms. The molecule has 3 atom stereocenters. The number of aromatic nitrogens is 2. The largest absolute Gasteiger partial charge is 0.491 e. The van der Waals surface area contributed by atoms with Crippen LogP contribution >= 0.6 is 0 Å². The van der Waals surface area contributed by atoms with Crippen LogP contribution in [0.4, 0.5) is 0 Å². The van der Waals surface area contributed by atoms with E-state index < -0.39 is 0 Å². The van der Waals surface area contributed by atoms with Crippen LogP contribution in [0.1, 0.15) is 54.9 Å². The highest BCUT2D eigenvalue weighted by Crippen LogP contribution is 2.30. The molecule has 1 aliphatic rings. The number of nitrogens with zero attached hydrogens (tertiary/aromatic N) is 2. The van der Waals surface area contributed by atoms with E-state index in [0.29, 0.717) is 11.5 Å². The number of likely N-dealkylation sites (tertiary alicyclic amines) is 1. The number of piperidine rings is 1. The molecule has 1 amide bonds. The first-order valence-electron chi connectivity index (χ1n) is 13.3. The number of fused-ring (bicyclic) bond motifs is 1. The lowest BCUT2D eigenvalue weighted by Gasteiger charge is -2.37. The minimum Gasteiger partial charge on any atom is -0.491 e. The fourth-order valence-electron chi connectivity index (χ4n) is 5.38. The first-order chi connectivity index (χ1) is 18.0. The van der Waals surface area contributed by atoms with Crippen LogP contribution in [-0.4, -0.2) is 53.3 Å². The zero-order valence-corrected chi connectivity index (χ0v) is 21.9. The Kier molecular flexibility index (Phi) is 7.56. The summed E-state index contributed by atoms with van der Waals surface area (Å²) in [6.07, 6.45) is 3.33. The van der Waals surface area contributed by atoms with Crippen molar-refractivity contribution in [1.82, 2.24) is 20.4 Å². The average Bonchev–Trinajstić information content (AvgIpc) is 3.33. The Morgan fingerprint density at radius 1 is 1.14 bits per heavy atom. The molecule has 3 aromatic carbocycles. The van der Waals surface area contributed by atoms with E-state index in [1.807, 2.05) is 48.5 Å². The van der Waals surface area contributed by atoms with E-state index in [9.17, 15) is 4.79 Å². The van der Waals surface area contributed by atoms with Gasteiger partial charge in [-0.15, -0.1) is 0 Å². The lowest BCUT2D eigenvalue weighted by molar-refractivity contribution is 0.0900. The molecule has 2 heterocycles.